The number of halogens is 4. The first-order chi connectivity index (χ1) is 9.90. The molecule has 1 aromatic heterocycles. The van der Waals surface area contributed by atoms with Crippen molar-refractivity contribution in [2.24, 2.45) is 0 Å². The molecule has 0 saturated heterocycles. The molecule has 0 unspecified atom stereocenters. The van der Waals surface area contributed by atoms with Crippen LogP contribution in [0.4, 0.5) is 23.4 Å². The van der Waals surface area contributed by atoms with E-state index in [2.05, 4.69) is 10.3 Å². The molecule has 1 aromatic carbocycles. The number of rotatable bonds is 4. The van der Waals surface area contributed by atoms with Gasteiger partial charge in [0.25, 0.3) is 0 Å². The van der Waals surface area contributed by atoms with Gasteiger partial charge in [0.05, 0.1) is 12.7 Å². The lowest BCUT2D eigenvalue weighted by Gasteiger charge is -2.09. The molecule has 1 N–H and O–H groups in total. The van der Waals surface area contributed by atoms with Crippen LogP contribution < -0.4 is 10.1 Å². The second-order valence-corrected chi connectivity index (χ2v) is 4.25. The Kier molecular flexibility index (Phi) is 4.30. The topological polar surface area (TPSA) is 34.1 Å². The quantitative estimate of drug-likeness (QED) is 0.871. The van der Waals surface area contributed by atoms with E-state index >= 15 is 0 Å². The highest BCUT2D eigenvalue weighted by Crippen LogP contribution is 2.28. The minimum absolute atomic E-state index is 0.131. The molecule has 2 aromatic rings. The second kappa shape index (κ2) is 5.99. The predicted molar refractivity (Wildman–Crippen MR) is 69.5 cm³/mol. The average Bonchev–Trinajstić information content (AvgIpc) is 2.45. The van der Waals surface area contributed by atoms with E-state index in [1.54, 1.807) is 6.07 Å². The summed E-state index contributed by atoms with van der Waals surface area (Å²) in [5, 5.41) is 2.82. The Morgan fingerprint density at radius 1 is 1.19 bits per heavy atom. The lowest BCUT2D eigenvalue weighted by molar-refractivity contribution is -0.137. The van der Waals surface area contributed by atoms with Crippen molar-refractivity contribution in [3.05, 3.63) is 53.5 Å². The first-order valence-corrected chi connectivity index (χ1v) is 5.99. The molecule has 0 fully saturated rings. The van der Waals surface area contributed by atoms with Crippen LogP contribution in [0.3, 0.4) is 0 Å². The smallest absolute Gasteiger partial charge is 0.417 e. The van der Waals surface area contributed by atoms with Gasteiger partial charge in [0.2, 0.25) is 0 Å². The second-order valence-electron chi connectivity index (χ2n) is 4.25. The van der Waals surface area contributed by atoms with Crippen LogP contribution in [0.5, 0.6) is 5.75 Å². The molecule has 2 rings (SSSR count). The SMILES string of the molecule is COc1ccc(CNc2ccc(C(F)(F)F)cn2)cc1F. The largest absolute Gasteiger partial charge is 0.494 e. The van der Waals surface area contributed by atoms with Crippen LogP contribution in [0.2, 0.25) is 0 Å². The first-order valence-electron chi connectivity index (χ1n) is 5.99. The molecule has 7 heteroatoms. The number of aromatic nitrogens is 1. The molecule has 0 bridgehead atoms. The lowest BCUT2D eigenvalue weighted by Crippen LogP contribution is -2.07. The van der Waals surface area contributed by atoms with Gasteiger partial charge in [-0.3, -0.25) is 0 Å². The zero-order chi connectivity index (χ0) is 15.5. The molecule has 0 aliphatic carbocycles. The number of hydrogen-bond acceptors (Lipinski definition) is 3. The van der Waals surface area contributed by atoms with Crippen molar-refractivity contribution >= 4 is 5.82 Å². The standard InChI is InChI=1S/C14H12F4N2O/c1-21-12-4-2-9(6-11(12)15)7-19-13-5-3-10(8-20-13)14(16,17)18/h2-6,8H,7H2,1H3,(H,19,20). The van der Waals surface area contributed by atoms with Gasteiger partial charge < -0.3 is 10.1 Å². The number of ether oxygens (including phenoxy) is 1. The zero-order valence-electron chi connectivity index (χ0n) is 11.0. The maximum Gasteiger partial charge on any atom is 0.417 e. The van der Waals surface area contributed by atoms with E-state index in [9.17, 15) is 17.6 Å². The summed E-state index contributed by atoms with van der Waals surface area (Å²) in [5.41, 5.74) is -0.196. The lowest BCUT2D eigenvalue weighted by atomic mass is 10.2. The van der Waals surface area contributed by atoms with Gasteiger partial charge in [-0.2, -0.15) is 13.2 Å². The van der Waals surface area contributed by atoms with Crippen molar-refractivity contribution in [1.29, 1.82) is 0 Å². The summed E-state index contributed by atoms with van der Waals surface area (Å²) in [5.74, 6) is -0.0946. The highest BCUT2D eigenvalue weighted by atomic mass is 19.4. The Morgan fingerprint density at radius 3 is 2.48 bits per heavy atom. The minimum atomic E-state index is -4.41. The molecule has 112 valence electrons. The van der Waals surface area contributed by atoms with Crippen LogP contribution in [0.15, 0.2) is 36.5 Å². The van der Waals surface area contributed by atoms with E-state index in [0.29, 0.717) is 5.56 Å². The van der Waals surface area contributed by atoms with Gasteiger partial charge in [0.1, 0.15) is 5.82 Å². The van der Waals surface area contributed by atoms with Gasteiger partial charge in [0, 0.05) is 12.7 Å². The molecule has 1 heterocycles. The zero-order valence-corrected chi connectivity index (χ0v) is 11.0. The van der Waals surface area contributed by atoms with E-state index in [0.717, 1.165) is 12.3 Å². The van der Waals surface area contributed by atoms with Crippen LogP contribution in [0.1, 0.15) is 11.1 Å². The Labute approximate surface area is 118 Å². The van der Waals surface area contributed by atoms with E-state index in [4.69, 9.17) is 4.74 Å². The number of benzene rings is 1. The van der Waals surface area contributed by atoms with Crippen LogP contribution in [0.25, 0.3) is 0 Å². The van der Waals surface area contributed by atoms with Crippen LogP contribution >= 0.6 is 0 Å². The maximum atomic E-state index is 13.5. The minimum Gasteiger partial charge on any atom is -0.494 e. The molecule has 0 atom stereocenters. The monoisotopic (exact) mass is 300 g/mol. The predicted octanol–water partition coefficient (Wildman–Crippen LogP) is 3.86. The Hall–Kier alpha value is -2.31. The van der Waals surface area contributed by atoms with Gasteiger partial charge in [0.15, 0.2) is 11.6 Å². The number of nitrogens with one attached hydrogen (secondary N) is 1. The first kappa shape index (κ1) is 15.1. The van der Waals surface area contributed by atoms with Crippen LogP contribution in [-0.2, 0) is 12.7 Å². The fourth-order valence-electron chi connectivity index (χ4n) is 1.68. The summed E-state index contributed by atoms with van der Waals surface area (Å²) in [7, 11) is 1.36. The normalized spacial score (nSPS) is 11.3. The molecule has 0 radical (unpaired) electrons. The van der Waals surface area contributed by atoms with E-state index < -0.39 is 17.6 Å². The summed E-state index contributed by atoms with van der Waals surface area (Å²) in [6.07, 6.45) is -3.67. The summed E-state index contributed by atoms with van der Waals surface area (Å²) >= 11 is 0. The molecule has 0 amide bonds. The van der Waals surface area contributed by atoms with Gasteiger partial charge in [-0.25, -0.2) is 9.37 Å². The van der Waals surface area contributed by atoms with Crippen molar-refractivity contribution in [2.45, 2.75) is 12.7 Å². The van der Waals surface area contributed by atoms with Gasteiger partial charge in [-0.05, 0) is 29.8 Å². The third kappa shape index (κ3) is 3.84. The molecule has 3 nitrogen and oxygen atoms in total. The molecular weight excluding hydrogens is 288 g/mol. The number of alkyl halides is 3. The summed E-state index contributed by atoms with van der Waals surface area (Å²) < 4.78 is 55.4. The molecule has 0 aliphatic heterocycles. The van der Waals surface area contributed by atoms with Crippen LogP contribution in [0, 0.1) is 5.82 Å². The number of hydrogen-bond donors (Lipinski definition) is 1. The van der Waals surface area contributed by atoms with Gasteiger partial charge in [-0.15, -0.1) is 0 Å². The number of methoxy groups -OCH3 is 1. The number of anilines is 1. The van der Waals surface area contributed by atoms with Crippen molar-refractivity contribution in [3.8, 4) is 5.75 Å². The van der Waals surface area contributed by atoms with Crippen LogP contribution in [-0.4, -0.2) is 12.1 Å². The fraction of sp³-hybridized carbons (Fsp3) is 0.214. The van der Waals surface area contributed by atoms with Crippen molar-refractivity contribution in [2.75, 3.05) is 12.4 Å². The molecule has 0 saturated carbocycles. The highest BCUT2D eigenvalue weighted by molar-refractivity contribution is 5.38. The summed E-state index contributed by atoms with van der Waals surface area (Å²) in [4.78, 5) is 3.67. The maximum absolute atomic E-state index is 13.5. The molecule has 21 heavy (non-hydrogen) atoms. The van der Waals surface area contributed by atoms with E-state index in [1.807, 2.05) is 0 Å². The Morgan fingerprint density at radius 2 is 1.95 bits per heavy atom. The van der Waals surface area contributed by atoms with Gasteiger partial charge >= 0.3 is 6.18 Å². The Balaban J connectivity index is 2.01. The number of pyridine rings is 1. The third-order valence-electron chi connectivity index (χ3n) is 2.78. The van der Waals surface area contributed by atoms with Crippen molar-refractivity contribution in [3.63, 3.8) is 0 Å². The molecular formula is C14H12F4N2O. The fourth-order valence-corrected chi connectivity index (χ4v) is 1.68. The highest BCUT2D eigenvalue weighted by Gasteiger charge is 2.30. The summed E-state index contributed by atoms with van der Waals surface area (Å²) in [6.45, 7) is 0.235. The molecule has 0 aliphatic rings. The van der Waals surface area contributed by atoms with Crippen molar-refractivity contribution < 1.29 is 22.3 Å². The molecule has 0 spiro atoms. The summed E-state index contributed by atoms with van der Waals surface area (Å²) in [6, 6.07) is 6.58. The number of nitrogens with zero attached hydrogens (tertiary/aromatic N) is 1. The average molecular weight is 300 g/mol. The van der Waals surface area contributed by atoms with Crippen molar-refractivity contribution in [1.82, 2.24) is 4.98 Å². The van der Waals surface area contributed by atoms with E-state index in [-0.39, 0.29) is 18.1 Å². The Bertz CT molecular complexity index is 611. The van der Waals surface area contributed by atoms with E-state index in [1.165, 1.54) is 25.3 Å². The van der Waals surface area contributed by atoms with Gasteiger partial charge in [-0.1, -0.05) is 6.07 Å². The third-order valence-corrected chi connectivity index (χ3v) is 2.78.